The van der Waals surface area contributed by atoms with Crippen molar-refractivity contribution in [1.29, 1.82) is 0 Å². The molecule has 0 radical (unpaired) electrons. The van der Waals surface area contributed by atoms with Crippen LogP contribution in [0.5, 0.6) is 0 Å². The van der Waals surface area contributed by atoms with Crippen molar-refractivity contribution in [2.24, 2.45) is 0 Å². The first-order valence-electron chi connectivity index (χ1n) is 13.0. The molecule has 0 bridgehead atoms. The topological polar surface area (TPSA) is 115 Å². The molecule has 10 heteroatoms. The summed E-state index contributed by atoms with van der Waals surface area (Å²) in [4.78, 5) is 43.8. The van der Waals surface area contributed by atoms with Crippen molar-refractivity contribution in [1.82, 2.24) is 14.9 Å². The monoisotopic (exact) mass is 546 g/mol. The zero-order chi connectivity index (χ0) is 27.2. The Bertz CT molecular complexity index is 1530. The Hall–Kier alpha value is -3.89. The van der Waals surface area contributed by atoms with E-state index in [1.807, 2.05) is 31.2 Å². The molecule has 4 aromatic rings. The number of anilines is 1. The molecule has 1 atom stereocenters. The minimum absolute atomic E-state index is 0.0276. The van der Waals surface area contributed by atoms with Crippen LogP contribution in [0.25, 0.3) is 10.9 Å². The van der Waals surface area contributed by atoms with E-state index in [1.54, 1.807) is 36.6 Å². The Morgan fingerprint density at radius 2 is 2.03 bits per heavy atom. The second-order valence-corrected chi connectivity index (χ2v) is 10.2. The number of furan rings is 1. The van der Waals surface area contributed by atoms with E-state index in [1.165, 1.54) is 4.57 Å². The summed E-state index contributed by atoms with van der Waals surface area (Å²) < 4.78 is 12.5. The fraction of sp³-hybridized carbons (Fsp3) is 0.310. The van der Waals surface area contributed by atoms with E-state index >= 15 is 0 Å². The van der Waals surface area contributed by atoms with Crippen molar-refractivity contribution < 1.29 is 18.7 Å². The normalized spacial score (nSPS) is 14.9. The highest BCUT2D eigenvalue weighted by atomic mass is 32.2. The molecule has 1 aliphatic heterocycles. The van der Waals surface area contributed by atoms with Gasteiger partial charge in [0.15, 0.2) is 5.16 Å². The van der Waals surface area contributed by atoms with E-state index in [0.29, 0.717) is 40.5 Å². The van der Waals surface area contributed by atoms with Gasteiger partial charge in [-0.25, -0.2) is 4.98 Å². The van der Waals surface area contributed by atoms with Gasteiger partial charge in [0.05, 0.1) is 35.6 Å². The second-order valence-electron chi connectivity index (χ2n) is 9.29. The molecular formula is C29H30N4O5S. The standard InChI is InChI=1S/C29H30N4O5S/c1-2-19-7-3-4-10-24(19)31-26(34)18-39-29-32-25-15-20(27(35)30-16-21-8-5-13-37-21)11-12-23(25)28(36)33(29)17-22-9-6-14-38-22/h3-4,6-7,9-12,14-15,21H,2,5,8,13,16-18H2,1H3,(H,30,35)(H,31,34)/t21-/m1/s1. The van der Waals surface area contributed by atoms with Gasteiger partial charge in [-0.2, -0.15) is 0 Å². The number of ether oxygens (including phenoxy) is 1. The van der Waals surface area contributed by atoms with E-state index in [0.717, 1.165) is 42.3 Å². The summed E-state index contributed by atoms with van der Waals surface area (Å²) in [6.07, 6.45) is 4.28. The molecule has 0 aliphatic carbocycles. The van der Waals surface area contributed by atoms with E-state index in [2.05, 4.69) is 10.6 Å². The largest absolute Gasteiger partial charge is 0.467 e. The molecule has 2 amide bonds. The Kier molecular flexibility index (Phi) is 8.43. The number of amides is 2. The van der Waals surface area contributed by atoms with Gasteiger partial charge in [-0.3, -0.25) is 19.0 Å². The maximum atomic E-state index is 13.5. The van der Waals surface area contributed by atoms with Gasteiger partial charge in [0.2, 0.25) is 5.91 Å². The fourth-order valence-corrected chi connectivity index (χ4v) is 5.33. The molecule has 2 aromatic carbocycles. The highest BCUT2D eigenvalue weighted by Gasteiger charge is 2.19. The van der Waals surface area contributed by atoms with Gasteiger partial charge < -0.3 is 19.8 Å². The fourth-order valence-electron chi connectivity index (χ4n) is 4.53. The van der Waals surface area contributed by atoms with Crippen LogP contribution in [0.4, 0.5) is 5.69 Å². The molecule has 2 N–H and O–H groups in total. The first-order valence-corrected chi connectivity index (χ1v) is 14.0. The second kappa shape index (κ2) is 12.3. The van der Waals surface area contributed by atoms with Crippen molar-refractivity contribution >= 4 is 40.2 Å². The summed E-state index contributed by atoms with van der Waals surface area (Å²) in [5, 5.41) is 6.59. The van der Waals surface area contributed by atoms with Crippen molar-refractivity contribution in [3.05, 3.63) is 88.1 Å². The Morgan fingerprint density at radius 1 is 1.15 bits per heavy atom. The van der Waals surface area contributed by atoms with Gasteiger partial charge in [0.25, 0.3) is 11.5 Å². The number of aryl methyl sites for hydroxylation is 1. The Balaban J connectivity index is 1.39. The number of fused-ring (bicyclic) bond motifs is 1. The lowest BCUT2D eigenvalue weighted by molar-refractivity contribution is -0.113. The number of carbonyl (C=O) groups is 2. The molecule has 5 rings (SSSR count). The number of aromatic nitrogens is 2. The SMILES string of the molecule is CCc1ccccc1NC(=O)CSc1nc2cc(C(=O)NC[C@H]3CCCO3)ccc2c(=O)n1Cc1ccco1. The summed E-state index contributed by atoms with van der Waals surface area (Å²) in [5.41, 5.74) is 2.33. The van der Waals surface area contributed by atoms with Gasteiger partial charge in [-0.15, -0.1) is 0 Å². The summed E-state index contributed by atoms with van der Waals surface area (Å²) in [5.74, 6) is 0.182. The van der Waals surface area contributed by atoms with Gasteiger partial charge in [0.1, 0.15) is 5.76 Å². The third-order valence-corrected chi connectivity index (χ3v) is 7.57. The van der Waals surface area contributed by atoms with Crippen LogP contribution >= 0.6 is 11.8 Å². The van der Waals surface area contributed by atoms with Crippen LogP contribution in [-0.2, 0) is 22.5 Å². The number of rotatable bonds is 10. The summed E-state index contributed by atoms with van der Waals surface area (Å²) in [6.45, 7) is 3.35. The number of carbonyl (C=O) groups excluding carboxylic acids is 2. The van der Waals surface area contributed by atoms with Gasteiger partial charge in [0, 0.05) is 24.4 Å². The molecule has 39 heavy (non-hydrogen) atoms. The zero-order valence-corrected chi connectivity index (χ0v) is 22.5. The first kappa shape index (κ1) is 26.7. The van der Waals surface area contributed by atoms with Crippen LogP contribution in [0.2, 0.25) is 0 Å². The molecule has 202 valence electrons. The van der Waals surface area contributed by atoms with E-state index < -0.39 is 0 Å². The quantitative estimate of drug-likeness (QED) is 0.226. The molecule has 1 fully saturated rings. The molecule has 1 aliphatic rings. The molecule has 1 saturated heterocycles. The van der Waals surface area contributed by atoms with Crippen molar-refractivity contribution in [2.75, 3.05) is 24.2 Å². The average Bonchev–Trinajstić information content (AvgIpc) is 3.67. The van der Waals surface area contributed by atoms with Gasteiger partial charge >= 0.3 is 0 Å². The highest BCUT2D eigenvalue weighted by molar-refractivity contribution is 7.99. The lowest BCUT2D eigenvalue weighted by Gasteiger charge is -2.14. The molecular weight excluding hydrogens is 516 g/mol. The van der Waals surface area contributed by atoms with Crippen molar-refractivity contribution in [3.63, 3.8) is 0 Å². The summed E-state index contributed by atoms with van der Waals surface area (Å²) in [6, 6.07) is 16.0. The lowest BCUT2D eigenvalue weighted by Crippen LogP contribution is -2.31. The maximum Gasteiger partial charge on any atom is 0.262 e. The Labute approximate surface area is 230 Å². The maximum absolute atomic E-state index is 13.5. The molecule has 0 unspecified atom stereocenters. The van der Waals surface area contributed by atoms with Crippen molar-refractivity contribution in [3.8, 4) is 0 Å². The predicted molar refractivity (Wildman–Crippen MR) is 150 cm³/mol. The van der Waals surface area contributed by atoms with Crippen LogP contribution in [0.1, 0.15) is 41.4 Å². The minimum atomic E-state index is -0.276. The van der Waals surface area contributed by atoms with Crippen molar-refractivity contribution in [2.45, 2.75) is 44.0 Å². The number of thioether (sulfide) groups is 1. The summed E-state index contributed by atoms with van der Waals surface area (Å²) in [7, 11) is 0. The smallest absolute Gasteiger partial charge is 0.262 e. The molecule has 3 heterocycles. The summed E-state index contributed by atoms with van der Waals surface area (Å²) >= 11 is 1.16. The van der Waals surface area contributed by atoms with E-state index in [4.69, 9.17) is 14.1 Å². The number of para-hydroxylation sites is 1. The first-order chi connectivity index (χ1) is 19.0. The lowest BCUT2D eigenvalue weighted by atomic mass is 10.1. The third kappa shape index (κ3) is 6.40. The van der Waals surface area contributed by atoms with Crippen LogP contribution < -0.4 is 16.2 Å². The molecule has 0 spiro atoms. The van der Waals surface area contributed by atoms with Crippen LogP contribution in [0, 0.1) is 0 Å². The number of nitrogens with zero attached hydrogens (tertiary/aromatic N) is 2. The third-order valence-electron chi connectivity index (χ3n) is 6.60. The van der Waals surface area contributed by atoms with Gasteiger partial charge in [-0.05, 0) is 61.2 Å². The molecule has 0 saturated carbocycles. The van der Waals surface area contributed by atoms with E-state index in [9.17, 15) is 14.4 Å². The molecule has 2 aromatic heterocycles. The number of benzene rings is 2. The number of hydrogen-bond donors (Lipinski definition) is 2. The van der Waals surface area contributed by atoms with Crippen LogP contribution in [0.3, 0.4) is 0 Å². The number of hydrogen-bond acceptors (Lipinski definition) is 7. The highest BCUT2D eigenvalue weighted by Crippen LogP contribution is 2.22. The van der Waals surface area contributed by atoms with Gasteiger partial charge in [-0.1, -0.05) is 36.9 Å². The molecule has 9 nitrogen and oxygen atoms in total. The predicted octanol–water partition coefficient (Wildman–Crippen LogP) is 4.24. The van der Waals surface area contributed by atoms with E-state index in [-0.39, 0.29) is 35.8 Å². The van der Waals surface area contributed by atoms with Crippen LogP contribution in [-0.4, -0.2) is 46.4 Å². The average molecular weight is 547 g/mol. The minimum Gasteiger partial charge on any atom is -0.467 e. The Morgan fingerprint density at radius 3 is 2.79 bits per heavy atom. The number of nitrogens with one attached hydrogen (secondary N) is 2. The zero-order valence-electron chi connectivity index (χ0n) is 21.6. The van der Waals surface area contributed by atoms with Crippen LogP contribution in [0.15, 0.2) is 75.2 Å².